The van der Waals surface area contributed by atoms with Crippen LogP contribution in [0.25, 0.3) is 0 Å². The largest absolute Gasteiger partial charge is 0.465 e. The number of carbonyl (C=O) groups excluding carboxylic acids is 2. The molecule has 0 radical (unpaired) electrons. The Bertz CT molecular complexity index is 1300. The number of esters is 1. The van der Waals surface area contributed by atoms with Crippen molar-refractivity contribution < 1.29 is 49.8 Å². The van der Waals surface area contributed by atoms with E-state index in [0.717, 1.165) is 0 Å². The van der Waals surface area contributed by atoms with Crippen molar-refractivity contribution in [1.82, 2.24) is 4.90 Å². The number of benzene rings is 2. The van der Waals surface area contributed by atoms with Gasteiger partial charge in [0, 0.05) is 30.5 Å². The monoisotopic (exact) mass is 571 g/mol. The fourth-order valence-corrected chi connectivity index (χ4v) is 5.76. The van der Waals surface area contributed by atoms with Gasteiger partial charge < -0.3 is 14.4 Å². The van der Waals surface area contributed by atoms with E-state index < -0.39 is 53.5 Å². The molecule has 5 atom stereocenters. The minimum Gasteiger partial charge on any atom is -0.465 e. The van der Waals surface area contributed by atoms with Crippen LogP contribution in [0, 0.1) is 11.7 Å². The van der Waals surface area contributed by atoms with Crippen LogP contribution in [-0.4, -0.2) is 42.1 Å². The molecular formula is C28H24F7NO4. The van der Waals surface area contributed by atoms with Gasteiger partial charge in [-0.15, -0.1) is 0 Å². The molecule has 1 unspecified atom stereocenters. The van der Waals surface area contributed by atoms with Gasteiger partial charge in [-0.1, -0.05) is 17.7 Å². The smallest absolute Gasteiger partial charge is 0.416 e. The quantitative estimate of drug-likeness (QED) is 0.317. The van der Waals surface area contributed by atoms with Crippen LogP contribution in [0.5, 0.6) is 0 Å². The Hall–Kier alpha value is -3.41. The first-order valence-corrected chi connectivity index (χ1v) is 12.6. The van der Waals surface area contributed by atoms with Crippen molar-refractivity contribution in [2.24, 2.45) is 5.92 Å². The summed E-state index contributed by atoms with van der Waals surface area (Å²) in [5.74, 6) is -2.08. The van der Waals surface area contributed by atoms with Crippen molar-refractivity contribution in [1.29, 1.82) is 0 Å². The zero-order valence-electron chi connectivity index (χ0n) is 21.1. The van der Waals surface area contributed by atoms with Gasteiger partial charge in [-0.05, 0) is 54.8 Å². The second-order valence-corrected chi connectivity index (χ2v) is 10.3. The average Bonchev–Trinajstić information content (AvgIpc) is 3.47. The Morgan fingerprint density at radius 2 is 1.57 bits per heavy atom. The molecule has 0 aromatic heterocycles. The molecule has 3 aliphatic rings. The topological polar surface area (TPSA) is 55.8 Å². The van der Waals surface area contributed by atoms with Gasteiger partial charge in [-0.3, -0.25) is 9.59 Å². The van der Waals surface area contributed by atoms with E-state index in [-0.39, 0.29) is 49.0 Å². The molecule has 0 N–H and O–H groups in total. The summed E-state index contributed by atoms with van der Waals surface area (Å²) in [6.07, 6.45) is -10.1. The molecule has 3 aliphatic heterocycles. The molecule has 2 aromatic rings. The molecule has 5 nitrogen and oxygen atoms in total. The van der Waals surface area contributed by atoms with Gasteiger partial charge in [0.15, 0.2) is 0 Å². The van der Waals surface area contributed by atoms with Crippen molar-refractivity contribution >= 4 is 11.9 Å². The molecular weight excluding hydrogens is 547 g/mol. The van der Waals surface area contributed by atoms with E-state index in [1.54, 1.807) is 4.90 Å². The van der Waals surface area contributed by atoms with Crippen LogP contribution < -0.4 is 0 Å². The molecule has 5 rings (SSSR count). The van der Waals surface area contributed by atoms with E-state index in [2.05, 4.69) is 0 Å². The second-order valence-electron chi connectivity index (χ2n) is 10.3. The van der Waals surface area contributed by atoms with Crippen molar-refractivity contribution in [2.45, 2.75) is 56.3 Å². The van der Waals surface area contributed by atoms with Crippen molar-refractivity contribution in [3.05, 3.63) is 82.2 Å². The van der Waals surface area contributed by atoms with Gasteiger partial charge in [0.05, 0.1) is 36.4 Å². The van der Waals surface area contributed by atoms with Crippen molar-refractivity contribution in [2.75, 3.05) is 13.2 Å². The number of rotatable bonds is 5. The Kier molecular flexibility index (Phi) is 7.18. The van der Waals surface area contributed by atoms with E-state index in [4.69, 9.17) is 9.47 Å². The summed E-state index contributed by atoms with van der Waals surface area (Å²) in [5, 5.41) is 0. The van der Waals surface area contributed by atoms with Crippen LogP contribution >= 0.6 is 0 Å². The number of hydrogen-bond acceptors (Lipinski definition) is 4. The Morgan fingerprint density at radius 1 is 0.950 bits per heavy atom. The molecule has 0 spiro atoms. The van der Waals surface area contributed by atoms with E-state index in [9.17, 15) is 40.3 Å². The number of hydrogen-bond donors (Lipinski definition) is 0. The van der Waals surface area contributed by atoms with Gasteiger partial charge in [-0.25, -0.2) is 4.39 Å². The summed E-state index contributed by atoms with van der Waals surface area (Å²) in [4.78, 5) is 26.3. The molecule has 2 saturated heterocycles. The van der Waals surface area contributed by atoms with Crippen LogP contribution in [0.15, 0.2) is 54.1 Å². The summed E-state index contributed by atoms with van der Waals surface area (Å²) >= 11 is 0. The summed E-state index contributed by atoms with van der Waals surface area (Å²) in [7, 11) is 0. The molecule has 0 saturated carbocycles. The van der Waals surface area contributed by atoms with Crippen LogP contribution in [0.1, 0.15) is 54.0 Å². The van der Waals surface area contributed by atoms with Crippen molar-refractivity contribution in [3.8, 4) is 0 Å². The number of amides is 1. The highest BCUT2D eigenvalue weighted by molar-refractivity contribution is 5.90. The highest BCUT2D eigenvalue weighted by atomic mass is 19.4. The predicted molar refractivity (Wildman–Crippen MR) is 126 cm³/mol. The predicted octanol–water partition coefficient (Wildman–Crippen LogP) is 6.20. The third-order valence-corrected chi connectivity index (χ3v) is 7.73. The third kappa shape index (κ3) is 5.59. The van der Waals surface area contributed by atoms with Gasteiger partial charge in [-0.2, -0.15) is 26.3 Å². The van der Waals surface area contributed by atoms with Crippen LogP contribution in [0.2, 0.25) is 0 Å². The minimum absolute atomic E-state index is 0.0187. The lowest BCUT2D eigenvalue weighted by atomic mass is 9.81. The third-order valence-electron chi connectivity index (χ3n) is 7.73. The summed E-state index contributed by atoms with van der Waals surface area (Å²) in [6.45, 7) is 1.51. The maximum atomic E-state index is 13.7. The molecule has 0 bridgehead atoms. The zero-order valence-corrected chi connectivity index (χ0v) is 21.1. The summed E-state index contributed by atoms with van der Waals surface area (Å²) in [5.41, 5.74) is -1.92. The molecule has 2 fully saturated rings. The number of carbonyl (C=O) groups is 2. The number of halogens is 7. The highest BCUT2D eigenvalue weighted by Crippen LogP contribution is 2.45. The summed E-state index contributed by atoms with van der Waals surface area (Å²) in [6, 6.07) is 6.29. The van der Waals surface area contributed by atoms with E-state index >= 15 is 0 Å². The van der Waals surface area contributed by atoms with Gasteiger partial charge >= 0.3 is 18.3 Å². The van der Waals surface area contributed by atoms with E-state index in [1.807, 2.05) is 0 Å². The first kappa shape index (κ1) is 28.1. The average molecular weight is 571 g/mol. The van der Waals surface area contributed by atoms with Gasteiger partial charge in [0.25, 0.3) is 0 Å². The minimum atomic E-state index is -5.01. The molecule has 3 heterocycles. The number of ether oxygens (including phenoxy) is 2. The van der Waals surface area contributed by atoms with Crippen LogP contribution in [-0.2, 0) is 31.4 Å². The maximum absolute atomic E-state index is 13.7. The molecule has 214 valence electrons. The zero-order chi connectivity index (χ0) is 29.0. The lowest BCUT2D eigenvalue weighted by molar-refractivity contribution is -0.143. The summed E-state index contributed by atoms with van der Waals surface area (Å²) < 4.78 is 106. The lowest BCUT2D eigenvalue weighted by Crippen LogP contribution is -2.40. The van der Waals surface area contributed by atoms with E-state index in [0.29, 0.717) is 29.7 Å². The molecule has 0 aliphatic carbocycles. The maximum Gasteiger partial charge on any atom is 0.416 e. The Balaban J connectivity index is 1.47. The van der Waals surface area contributed by atoms with Crippen LogP contribution in [0.3, 0.4) is 0 Å². The number of cyclic esters (lactones) is 1. The Labute approximate surface area is 224 Å². The van der Waals surface area contributed by atoms with Gasteiger partial charge in [0.2, 0.25) is 5.91 Å². The number of fused-ring (bicyclic) bond motifs is 1. The number of alkyl halides is 6. The number of nitrogens with zero attached hydrogens (tertiary/aromatic N) is 1. The first-order valence-electron chi connectivity index (χ1n) is 12.6. The molecule has 1 amide bonds. The van der Waals surface area contributed by atoms with Crippen LogP contribution in [0.4, 0.5) is 30.7 Å². The Morgan fingerprint density at radius 3 is 2.12 bits per heavy atom. The lowest BCUT2D eigenvalue weighted by Gasteiger charge is -2.34. The second kappa shape index (κ2) is 10.2. The first-order chi connectivity index (χ1) is 18.7. The van der Waals surface area contributed by atoms with Crippen molar-refractivity contribution in [3.63, 3.8) is 0 Å². The van der Waals surface area contributed by atoms with Gasteiger partial charge in [0.1, 0.15) is 5.82 Å². The molecule has 2 aromatic carbocycles. The fourth-order valence-electron chi connectivity index (χ4n) is 5.76. The standard InChI is InChI=1S/C28H24F7NO4/c1-14(16-6-19(27(30,31)32)11-20(7-16)28(33,34)35)40-23-12-36-22(26(23)15-2-4-21(29)5-3-15)8-17(9-24(36)37)18-10-25(38)39-13-18/h2-7,9,11,14,18,22-23,26H,8,10,12-13H2,1H3/t14-,18?,22+,23+,26+/m1/s1. The molecule has 12 heteroatoms. The normalized spacial score (nSPS) is 26.0. The highest BCUT2D eigenvalue weighted by Gasteiger charge is 2.49. The fraction of sp³-hybridized carbons (Fsp3) is 0.429. The van der Waals surface area contributed by atoms with E-state index in [1.165, 1.54) is 37.3 Å². The molecule has 40 heavy (non-hydrogen) atoms. The SMILES string of the molecule is C[C@@H](O[C@H]1CN2C(=O)C=C(C3COC(=O)C3)C[C@H]2[C@@H]1c1ccc(F)cc1)c1cc(C(F)(F)F)cc(C(F)(F)F)c1.